The third-order valence-electron chi connectivity index (χ3n) is 8.73. The van der Waals surface area contributed by atoms with Crippen molar-refractivity contribution in [3.63, 3.8) is 0 Å². The molecule has 0 saturated carbocycles. The minimum absolute atomic E-state index is 0.0877. The predicted octanol–water partition coefficient (Wildman–Crippen LogP) is 5.93. The Balaban J connectivity index is 1.53. The Labute approximate surface area is 252 Å². The number of hydrogen-bond donors (Lipinski definition) is 0. The van der Waals surface area contributed by atoms with Crippen LogP contribution in [0.5, 0.6) is 0 Å². The second-order valence-corrected chi connectivity index (χ2v) is 15.5. The fourth-order valence-electron chi connectivity index (χ4n) is 6.64. The monoisotopic (exact) mass is 580 g/mol. The Morgan fingerprint density at radius 2 is 1.19 bits per heavy atom. The van der Waals surface area contributed by atoms with Gasteiger partial charge < -0.3 is 18.6 Å². The molecule has 1 aliphatic heterocycles. The summed E-state index contributed by atoms with van der Waals surface area (Å²) in [6.07, 6.45) is -0.669. The van der Waals surface area contributed by atoms with Crippen LogP contribution in [0.4, 0.5) is 0 Å². The summed E-state index contributed by atoms with van der Waals surface area (Å²) < 4.78 is 26.8. The molecule has 1 heterocycles. The third kappa shape index (κ3) is 6.17. The van der Waals surface area contributed by atoms with Gasteiger partial charge in [0, 0.05) is 24.4 Å². The summed E-state index contributed by atoms with van der Waals surface area (Å²) in [5, 5.41) is 3.67. The van der Waals surface area contributed by atoms with Gasteiger partial charge in [-0.2, -0.15) is 0 Å². The van der Waals surface area contributed by atoms with E-state index in [1.807, 2.05) is 18.2 Å². The predicted molar refractivity (Wildman–Crippen MR) is 173 cm³/mol. The van der Waals surface area contributed by atoms with Crippen LogP contribution in [0.1, 0.15) is 33.3 Å². The minimum Gasteiger partial charge on any atom is -0.400 e. The zero-order chi connectivity index (χ0) is 29.6. The molecule has 0 aromatic heterocycles. The summed E-state index contributed by atoms with van der Waals surface area (Å²) >= 11 is 0. The van der Waals surface area contributed by atoms with E-state index in [-0.39, 0.29) is 24.0 Å². The van der Waals surface area contributed by atoms with E-state index in [0.717, 1.165) is 0 Å². The Bertz CT molecular complexity index is 1270. The van der Waals surface area contributed by atoms with Gasteiger partial charge in [-0.05, 0) is 21.1 Å². The maximum absolute atomic E-state index is 7.79. The van der Waals surface area contributed by atoms with Crippen molar-refractivity contribution in [3.8, 4) is 0 Å². The first-order chi connectivity index (χ1) is 20.4. The van der Waals surface area contributed by atoms with E-state index in [0.29, 0.717) is 13.2 Å². The average Bonchev–Trinajstić information content (AvgIpc) is 3.03. The van der Waals surface area contributed by atoms with Gasteiger partial charge in [-0.25, -0.2) is 0 Å². The fourth-order valence-corrected chi connectivity index (χ4v) is 10.9. The maximum Gasteiger partial charge on any atom is 0.288 e. The van der Waals surface area contributed by atoms with E-state index in [9.17, 15) is 0 Å². The van der Waals surface area contributed by atoms with Gasteiger partial charge in [-0.15, -0.1) is 0 Å². The molecule has 4 aromatic carbocycles. The van der Waals surface area contributed by atoms with E-state index in [2.05, 4.69) is 131 Å². The van der Waals surface area contributed by atoms with E-state index in [1.54, 1.807) is 7.11 Å². The Hall–Kier alpha value is -3.06. The largest absolute Gasteiger partial charge is 0.400 e. The van der Waals surface area contributed by atoms with Gasteiger partial charge in [0.1, 0.15) is 0 Å². The standard InChI is InChI=1S/C37H44O4Si/c1-28(26-39-27-30-18-10-6-11-19-30)34-29(2)35(37(3,4)36(38-5)40-34)41-42(31-20-12-7-13-21-31,32-22-14-8-15-23-32)33-24-16-9-17-25-33/h6-25,28-29,34-36H,26-27H2,1-5H3/t28-,29+,34-,35+,36+/m0/s1. The summed E-state index contributed by atoms with van der Waals surface area (Å²) in [6.45, 7) is 10.1. The molecule has 1 saturated heterocycles. The van der Waals surface area contributed by atoms with E-state index < -0.39 is 20.0 Å². The molecular weight excluding hydrogens is 536 g/mol. The van der Waals surface area contributed by atoms with Crippen molar-refractivity contribution in [1.82, 2.24) is 0 Å². The molecular formula is C37H44O4Si. The summed E-state index contributed by atoms with van der Waals surface area (Å²) in [5.41, 5.74) is 0.759. The lowest BCUT2D eigenvalue weighted by atomic mass is 9.73. The van der Waals surface area contributed by atoms with E-state index in [4.69, 9.17) is 18.6 Å². The Kier molecular flexibility index (Phi) is 9.76. The van der Waals surface area contributed by atoms with Crippen molar-refractivity contribution in [2.45, 2.75) is 52.8 Å². The zero-order valence-electron chi connectivity index (χ0n) is 25.5. The highest BCUT2D eigenvalue weighted by atomic mass is 28.4. The van der Waals surface area contributed by atoms with Crippen LogP contribution in [0, 0.1) is 17.3 Å². The molecule has 0 unspecified atom stereocenters. The lowest BCUT2D eigenvalue weighted by molar-refractivity contribution is -0.293. The Morgan fingerprint density at radius 1 is 0.738 bits per heavy atom. The summed E-state index contributed by atoms with van der Waals surface area (Å²) in [6, 6.07) is 42.7. The molecule has 220 valence electrons. The van der Waals surface area contributed by atoms with Crippen molar-refractivity contribution in [2.75, 3.05) is 13.7 Å². The first kappa shape index (κ1) is 30.4. The van der Waals surface area contributed by atoms with E-state index in [1.165, 1.54) is 21.1 Å². The van der Waals surface area contributed by atoms with Gasteiger partial charge in [0.15, 0.2) is 6.29 Å². The second kappa shape index (κ2) is 13.5. The number of methoxy groups -OCH3 is 1. The zero-order valence-corrected chi connectivity index (χ0v) is 26.5. The van der Waals surface area contributed by atoms with Gasteiger partial charge in [-0.1, -0.05) is 149 Å². The van der Waals surface area contributed by atoms with Crippen LogP contribution < -0.4 is 15.6 Å². The molecule has 5 heteroatoms. The van der Waals surface area contributed by atoms with Crippen LogP contribution in [-0.4, -0.2) is 40.5 Å². The molecule has 0 bridgehead atoms. The van der Waals surface area contributed by atoms with E-state index >= 15 is 0 Å². The van der Waals surface area contributed by atoms with Crippen LogP contribution in [0.15, 0.2) is 121 Å². The first-order valence-electron chi connectivity index (χ1n) is 15.0. The molecule has 0 N–H and O–H groups in total. The molecule has 42 heavy (non-hydrogen) atoms. The summed E-state index contributed by atoms with van der Waals surface area (Å²) in [5.74, 6) is 0.231. The molecule has 0 spiro atoms. The van der Waals surface area contributed by atoms with Crippen LogP contribution in [-0.2, 0) is 25.2 Å². The number of ether oxygens (including phenoxy) is 3. The minimum atomic E-state index is -2.96. The van der Waals surface area contributed by atoms with Crippen LogP contribution >= 0.6 is 0 Å². The normalized spacial score (nSPS) is 22.9. The smallest absolute Gasteiger partial charge is 0.288 e. The molecule has 1 fully saturated rings. The highest BCUT2D eigenvalue weighted by Gasteiger charge is 2.55. The topological polar surface area (TPSA) is 36.9 Å². The number of rotatable bonds is 11. The number of benzene rings is 4. The SMILES string of the molecule is CO[C@@H]1O[C@@H]([C@@H](C)COCc2ccccc2)[C@@H](C)[C@@H](O[Si](c2ccccc2)(c2ccccc2)c2ccccc2)C1(C)C. The highest BCUT2D eigenvalue weighted by molar-refractivity contribution is 7.07. The van der Waals surface area contributed by atoms with Crippen molar-refractivity contribution < 1.29 is 18.6 Å². The van der Waals surface area contributed by atoms with Crippen LogP contribution in [0.25, 0.3) is 0 Å². The van der Waals surface area contributed by atoms with Gasteiger partial charge in [-0.3, -0.25) is 0 Å². The van der Waals surface area contributed by atoms with Crippen LogP contribution in [0.2, 0.25) is 0 Å². The van der Waals surface area contributed by atoms with Crippen molar-refractivity contribution in [2.24, 2.45) is 17.3 Å². The Morgan fingerprint density at radius 3 is 1.64 bits per heavy atom. The molecule has 0 amide bonds. The molecule has 5 rings (SSSR count). The molecule has 5 atom stereocenters. The summed E-state index contributed by atoms with van der Waals surface area (Å²) in [7, 11) is -1.22. The summed E-state index contributed by atoms with van der Waals surface area (Å²) in [4.78, 5) is 0. The molecule has 4 nitrogen and oxygen atoms in total. The molecule has 4 aromatic rings. The van der Waals surface area contributed by atoms with Crippen LogP contribution in [0.3, 0.4) is 0 Å². The maximum atomic E-state index is 7.79. The lowest BCUT2D eigenvalue weighted by Crippen LogP contribution is -2.73. The number of hydrogen-bond acceptors (Lipinski definition) is 4. The average molecular weight is 581 g/mol. The fraction of sp³-hybridized carbons (Fsp3) is 0.351. The van der Waals surface area contributed by atoms with Gasteiger partial charge in [0.2, 0.25) is 0 Å². The molecule has 1 aliphatic rings. The molecule has 0 aliphatic carbocycles. The van der Waals surface area contributed by atoms with Gasteiger partial charge in [0.25, 0.3) is 8.32 Å². The second-order valence-electron chi connectivity index (χ2n) is 12.1. The first-order valence-corrected chi connectivity index (χ1v) is 16.9. The van der Waals surface area contributed by atoms with Crippen molar-refractivity contribution in [3.05, 3.63) is 127 Å². The van der Waals surface area contributed by atoms with Gasteiger partial charge in [0.05, 0.1) is 25.4 Å². The molecule has 0 radical (unpaired) electrons. The van der Waals surface area contributed by atoms with Crippen molar-refractivity contribution >= 4 is 23.9 Å². The lowest BCUT2D eigenvalue weighted by Gasteiger charge is -2.54. The van der Waals surface area contributed by atoms with Crippen molar-refractivity contribution in [1.29, 1.82) is 0 Å². The quantitative estimate of drug-likeness (QED) is 0.163. The third-order valence-corrected chi connectivity index (χ3v) is 12.8. The highest BCUT2D eigenvalue weighted by Crippen LogP contribution is 2.44. The van der Waals surface area contributed by atoms with Gasteiger partial charge >= 0.3 is 0 Å².